The summed E-state index contributed by atoms with van der Waals surface area (Å²) in [5.41, 5.74) is 1.14. The van der Waals surface area contributed by atoms with E-state index in [-0.39, 0.29) is 18.1 Å². The normalized spacial score (nSPS) is 14.8. The first-order valence-electron chi connectivity index (χ1n) is 5.74. The van der Waals surface area contributed by atoms with Crippen LogP contribution in [0.3, 0.4) is 0 Å². The number of ketones is 1. The number of hydrogen-bond donors (Lipinski definition) is 1. The van der Waals surface area contributed by atoms with Gasteiger partial charge in [0, 0.05) is 30.8 Å². The fourth-order valence-corrected chi connectivity index (χ4v) is 1.70. The molecule has 0 spiro atoms. The van der Waals surface area contributed by atoms with Crippen molar-refractivity contribution in [2.75, 3.05) is 0 Å². The van der Waals surface area contributed by atoms with Gasteiger partial charge in [-0.15, -0.1) is 0 Å². The summed E-state index contributed by atoms with van der Waals surface area (Å²) in [4.78, 5) is 15.8. The van der Waals surface area contributed by atoms with Crippen molar-refractivity contribution in [1.29, 1.82) is 0 Å². The van der Waals surface area contributed by atoms with Gasteiger partial charge in [0.25, 0.3) is 0 Å². The van der Waals surface area contributed by atoms with Crippen LogP contribution in [0.4, 0.5) is 0 Å². The highest BCUT2D eigenvalue weighted by molar-refractivity contribution is 5.80. The molecule has 1 aromatic rings. The fourth-order valence-electron chi connectivity index (χ4n) is 1.70. The van der Waals surface area contributed by atoms with Gasteiger partial charge in [-0.25, -0.2) is 4.98 Å². The molecule has 0 saturated carbocycles. The van der Waals surface area contributed by atoms with Gasteiger partial charge in [-0.05, 0) is 13.3 Å². The molecule has 2 atom stereocenters. The molecular formula is C12H20N2O2. The van der Waals surface area contributed by atoms with Crippen molar-refractivity contribution in [1.82, 2.24) is 9.55 Å². The highest BCUT2D eigenvalue weighted by Crippen LogP contribution is 2.09. The van der Waals surface area contributed by atoms with Gasteiger partial charge in [0.05, 0.1) is 12.4 Å². The molecule has 16 heavy (non-hydrogen) atoms. The third kappa shape index (κ3) is 3.45. The molecule has 0 amide bonds. The number of Topliss-reactive ketones (excluding diaryl/α,β-unsaturated/α-hetero) is 1. The lowest BCUT2D eigenvalue weighted by Gasteiger charge is -2.14. The topological polar surface area (TPSA) is 55.1 Å². The quantitative estimate of drug-likeness (QED) is 0.795. The Balaban J connectivity index is 2.57. The van der Waals surface area contributed by atoms with Crippen molar-refractivity contribution in [3.63, 3.8) is 0 Å². The van der Waals surface area contributed by atoms with Crippen molar-refractivity contribution < 1.29 is 9.90 Å². The first kappa shape index (κ1) is 12.9. The third-order valence-electron chi connectivity index (χ3n) is 2.68. The number of aryl methyl sites for hydroxylation is 1. The zero-order valence-electron chi connectivity index (χ0n) is 10.2. The number of carbonyl (C=O) groups is 1. The smallest absolute Gasteiger partial charge is 0.140 e. The van der Waals surface area contributed by atoms with Crippen LogP contribution in [-0.2, 0) is 17.8 Å². The molecule has 0 bridgehead atoms. The van der Waals surface area contributed by atoms with Gasteiger partial charge in [-0.3, -0.25) is 4.79 Å². The molecule has 1 rings (SSSR count). The molecule has 1 heterocycles. The number of aliphatic hydroxyl groups excluding tert-OH is 1. The Morgan fingerprint density at radius 3 is 2.81 bits per heavy atom. The molecule has 0 fully saturated rings. The van der Waals surface area contributed by atoms with Crippen LogP contribution in [0.15, 0.2) is 12.5 Å². The molecular weight excluding hydrogens is 204 g/mol. The molecule has 0 radical (unpaired) electrons. The first-order chi connectivity index (χ1) is 7.54. The first-order valence-corrected chi connectivity index (χ1v) is 5.74. The van der Waals surface area contributed by atoms with E-state index in [2.05, 4.69) is 11.9 Å². The highest BCUT2D eigenvalue weighted by atomic mass is 16.3. The Morgan fingerprint density at radius 1 is 1.56 bits per heavy atom. The van der Waals surface area contributed by atoms with E-state index in [9.17, 15) is 4.79 Å². The van der Waals surface area contributed by atoms with E-state index in [4.69, 9.17) is 5.11 Å². The van der Waals surface area contributed by atoms with E-state index in [1.807, 2.05) is 17.7 Å². The molecule has 0 aliphatic rings. The fraction of sp³-hybridized carbons (Fsp3) is 0.667. The summed E-state index contributed by atoms with van der Waals surface area (Å²) >= 11 is 0. The number of carbonyl (C=O) groups excluding carboxylic acids is 1. The minimum Gasteiger partial charge on any atom is -0.393 e. The summed E-state index contributed by atoms with van der Waals surface area (Å²) in [5, 5.41) is 9.16. The molecule has 90 valence electrons. The van der Waals surface area contributed by atoms with Crippen LogP contribution in [0.25, 0.3) is 0 Å². The van der Waals surface area contributed by atoms with Crippen LogP contribution in [0.1, 0.15) is 32.9 Å². The van der Waals surface area contributed by atoms with E-state index in [1.165, 1.54) is 0 Å². The van der Waals surface area contributed by atoms with Crippen LogP contribution >= 0.6 is 0 Å². The Bertz CT molecular complexity index is 345. The second kappa shape index (κ2) is 5.80. The minimum absolute atomic E-state index is 0.0749. The summed E-state index contributed by atoms with van der Waals surface area (Å²) < 4.78 is 2.00. The molecule has 2 unspecified atom stereocenters. The predicted molar refractivity (Wildman–Crippen MR) is 62.1 cm³/mol. The largest absolute Gasteiger partial charge is 0.393 e. The standard InChI is InChI=1S/C12H20N2O2/c1-4-11-6-13-8-14(11)7-9(2)12(16)5-10(3)15/h6,8-10,15H,4-5,7H2,1-3H3. The molecule has 0 aromatic carbocycles. The minimum atomic E-state index is -0.552. The summed E-state index contributed by atoms with van der Waals surface area (Å²) in [6, 6.07) is 0. The Kier molecular flexibility index (Phi) is 4.68. The van der Waals surface area contributed by atoms with Crippen molar-refractivity contribution >= 4 is 5.78 Å². The molecule has 0 aliphatic carbocycles. The number of hydrogen-bond acceptors (Lipinski definition) is 3. The van der Waals surface area contributed by atoms with E-state index < -0.39 is 6.10 Å². The lowest BCUT2D eigenvalue weighted by atomic mass is 10.0. The summed E-state index contributed by atoms with van der Waals surface area (Å²) in [6.45, 7) is 6.24. The van der Waals surface area contributed by atoms with Crippen LogP contribution < -0.4 is 0 Å². The zero-order chi connectivity index (χ0) is 12.1. The van der Waals surface area contributed by atoms with Crippen molar-refractivity contribution in [3.8, 4) is 0 Å². The summed E-state index contributed by atoms with van der Waals surface area (Å²) in [7, 11) is 0. The average molecular weight is 224 g/mol. The monoisotopic (exact) mass is 224 g/mol. The van der Waals surface area contributed by atoms with E-state index in [0.717, 1.165) is 12.1 Å². The number of aromatic nitrogens is 2. The van der Waals surface area contributed by atoms with Gasteiger partial charge in [0.15, 0.2) is 0 Å². The van der Waals surface area contributed by atoms with Crippen LogP contribution in [0, 0.1) is 5.92 Å². The second-order valence-corrected chi connectivity index (χ2v) is 4.31. The molecule has 4 heteroatoms. The number of nitrogens with zero attached hydrogens (tertiary/aromatic N) is 2. The van der Waals surface area contributed by atoms with Crippen molar-refractivity contribution in [2.45, 2.75) is 46.3 Å². The second-order valence-electron chi connectivity index (χ2n) is 4.31. The SMILES string of the molecule is CCc1cncn1CC(C)C(=O)CC(C)O. The Hall–Kier alpha value is -1.16. The molecule has 0 aliphatic heterocycles. The third-order valence-corrected chi connectivity index (χ3v) is 2.68. The molecule has 1 N–H and O–H groups in total. The number of rotatable bonds is 6. The summed E-state index contributed by atoms with van der Waals surface area (Å²) in [5.74, 6) is 0.0276. The lowest BCUT2D eigenvalue weighted by Crippen LogP contribution is -2.21. The average Bonchev–Trinajstić information content (AvgIpc) is 2.64. The van der Waals surface area contributed by atoms with Gasteiger partial charge in [-0.1, -0.05) is 13.8 Å². The maximum atomic E-state index is 11.7. The number of aliphatic hydroxyl groups is 1. The highest BCUT2D eigenvalue weighted by Gasteiger charge is 2.16. The van der Waals surface area contributed by atoms with Gasteiger partial charge >= 0.3 is 0 Å². The van der Waals surface area contributed by atoms with Gasteiger partial charge < -0.3 is 9.67 Å². The summed E-state index contributed by atoms with van der Waals surface area (Å²) in [6.07, 6.45) is 4.18. The molecule has 1 aromatic heterocycles. The van der Waals surface area contributed by atoms with Gasteiger partial charge in [0.1, 0.15) is 5.78 Å². The van der Waals surface area contributed by atoms with Crippen molar-refractivity contribution in [3.05, 3.63) is 18.2 Å². The maximum Gasteiger partial charge on any atom is 0.140 e. The van der Waals surface area contributed by atoms with Crippen LogP contribution in [0.5, 0.6) is 0 Å². The van der Waals surface area contributed by atoms with E-state index in [0.29, 0.717) is 6.54 Å². The molecule has 4 nitrogen and oxygen atoms in total. The van der Waals surface area contributed by atoms with Crippen molar-refractivity contribution in [2.24, 2.45) is 5.92 Å². The van der Waals surface area contributed by atoms with E-state index >= 15 is 0 Å². The zero-order valence-corrected chi connectivity index (χ0v) is 10.2. The van der Waals surface area contributed by atoms with Crippen LogP contribution in [-0.4, -0.2) is 26.5 Å². The van der Waals surface area contributed by atoms with E-state index in [1.54, 1.807) is 13.3 Å². The lowest BCUT2D eigenvalue weighted by molar-refractivity contribution is -0.124. The van der Waals surface area contributed by atoms with Crippen LogP contribution in [0.2, 0.25) is 0 Å². The van der Waals surface area contributed by atoms with Gasteiger partial charge in [-0.2, -0.15) is 0 Å². The Labute approximate surface area is 96.3 Å². The predicted octanol–water partition coefficient (Wildman–Crippen LogP) is 1.42. The maximum absolute atomic E-state index is 11.7. The van der Waals surface area contributed by atoms with Gasteiger partial charge in [0.2, 0.25) is 0 Å². The molecule has 0 saturated heterocycles. The number of imidazole rings is 1. The Morgan fingerprint density at radius 2 is 2.25 bits per heavy atom.